The number of carbonyl (C=O) groups excluding carboxylic acids is 2. The van der Waals surface area contributed by atoms with E-state index in [4.69, 9.17) is 46.0 Å². The predicted octanol–water partition coefficient (Wildman–Crippen LogP) is -6.12. The van der Waals surface area contributed by atoms with E-state index < -0.39 is 55.9 Å². The summed E-state index contributed by atoms with van der Waals surface area (Å²) in [5, 5.41) is 77.6. The highest BCUT2D eigenvalue weighted by molar-refractivity contribution is 5.57. The Morgan fingerprint density at radius 1 is 0.591 bits per heavy atom. The molecule has 0 heterocycles. The number of aldehydes is 2. The maximum Gasteiger partial charge on any atom is 0.151 e. The van der Waals surface area contributed by atoms with Gasteiger partial charge in [0.25, 0.3) is 0 Å². The summed E-state index contributed by atoms with van der Waals surface area (Å²) in [6.07, 6.45) is -11.5. The molecule has 9 N–H and O–H groups in total. The van der Waals surface area contributed by atoms with Crippen molar-refractivity contribution < 1.29 is 55.5 Å². The van der Waals surface area contributed by atoms with E-state index in [9.17, 15) is 9.59 Å². The van der Waals surface area contributed by atoms with E-state index in [2.05, 4.69) is 0 Å². The van der Waals surface area contributed by atoms with Gasteiger partial charge in [0.1, 0.15) is 42.7 Å². The number of rotatable bonds is 9. The predicted molar refractivity (Wildman–Crippen MR) is 68.3 cm³/mol. The van der Waals surface area contributed by atoms with Gasteiger partial charge >= 0.3 is 0 Å². The number of aliphatic hydroxyl groups is 9. The Morgan fingerprint density at radius 2 is 0.909 bits per heavy atom. The van der Waals surface area contributed by atoms with Crippen LogP contribution in [0.2, 0.25) is 0 Å². The highest BCUT2D eigenvalue weighted by Gasteiger charge is 2.29. The summed E-state index contributed by atoms with van der Waals surface area (Å²) in [6, 6.07) is 0. The molecule has 0 aliphatic rings. The average molecular weight is 330 g/mol. The second-order valence-electron chi connectivity index (χ2n) is 4.22. The van der Waals surface area contributed by atoms with Crippen LogP contribution in [0, 0.1) is 0 Å². The van der Waals surface area contributed by atoms with Gasteiger partial charge in [-0.15, -0.1) is 0 Å². The number of hydrogen-bond donors (Lipinski definition) is 9. The van der Waals surface area contributed by atoms with Gasteiger partial charge in [-0.25, -0.2) is 0 Å². The third-order valence-corrected chi connectivity index (χ3v) is 2.49. The molecule has 0 saturated carbocycles. The first-order valence-corrected chi connectivity index (χ1v) is 6.06. The fourth-order valence-corrected chi connectivity index (χ4v) is 1.03. The van der Waals surface area contributed by atoms with Crippen LogP contribution >= 0.6 is 0 Å². The molecule has 0 unspecified atom stereocenters. The van der Waals surface area contributed by atoms with Crippen molar-refractivity contribution in [2.75, 3.05) is 13.2 Å². The van der Waals surface area contributed by atoms with E-state index in [1.165, 1.54) is 0 Å². The van der Waals surface area contributed by atoms with Crippen LogP contribution in [0.15, 0.2) is 0 Å². The molecule has 0 radical (unpaired) electrons. The van der Waals surface area contributed by atoms with Crippen LogP contribution in [0.4, 0.5) is 0 Å². The summed E-state index contributed by atoms with van der Waals surface area (Å²) >= 11 is 0. The number of hydrogen-bond acceptors (Lipinski definition) is 11. The van der Waals surface area contributed by atoms with Gasteiger partial charge in [-0.2, -0.15) is 0 Å². The topological polar surface area (TPSA) is 216 Å². The average Bonchev–Trinajstić information content (AvgIpc) is 2.56. The lowest BCUT2D eigenvalue weighted by Crippen LogP contribution is -2.46. The van der Waals surface area contributed by atoms with Crippen LogP contribution < -0.4 is 0 Å². The zero-order chi connectivity index (χ0) is 17.9. The van der Waals surface area contributed by atoms with Crippen molar-refractivity contribution in [2.24, 2.45) is 0 Å². The first-order chi connectivity index (χ1) is 10.2. The van der Waals surface area contributed by atoms with Gasteiger partial charge in [0, 0.05) is 0 Å². The summed E-state index contributed by atoms with van der Waals surface area (Å²) in [6.45, 7) is -1.45. The van der Waals surface area contributed by atoms with Gasteiger partial charge in [-0.3, -0.25) is 0 Å². The van der Waals surface area contributed by atoms with E-state index in [-0.39, 0.29) is 12.6 Å². The molecule has 0 saturated heterocycles. The van der Waals surface area contributed by atoms with E-state index in [1.807, 2.05) is 0 Å². The normalized spacial score (nSPS) is 20.4. The lowest BCUT2D eigenvalue weighted by Gasteiger charge is -2.22. The Hall–Kier alpha value is -1.02. The van der Waals surface area contributed by atoms with E-state index >= 15 is 0 Å². The third-order valence-electron chi connectivity index (χ3n) is 2.49. The summed E-state index contributed by atoms with van der Waals surface area (Å²) in [5.41, 5.74) is 0. The fourth-order valence-electron chi connectivity index (χ4n) is 1.03. The molecule has 22 heavy (non-hydrogen) atoms. The van der Waals surface area contributed by atoms with Crippen molar-refractivity contribution in [2.45, 2.75) is 42.7 Å². The molecule has 0 aliphatic carbocycles. The second-order valence-corrected chi connectivity index (χ2v) is 4.22. The molecule has 7 atom stereocenters. The van der Waals surface area contributed by atoms with E-state index in [0.29, 0.717) is 0 Å². The molecule has 0 fully saturated rings. The maximum atomic E-state index is 9.90. The van der Waals surface area contributed by atoms with Gasteiger partial charge in [-0.05, 0) is 0 Å². The fraction of sp³-hybridized carbons (Fsp3) is 0.818. The quantitative estimate of drug-likeness (QED) is 0.181. The number of aliphatic hydroxyl groups excluding tert-OH is 9. The molecular formula is C11H22O11. The van der Waals surface area contributed by atoms with Gasteiger partial charge < -0.3 is 55.5 Å². The lowest BCUT2D eigenvalue weighted by molar-refractivity contribution is -0.136. The zero-order valence-corrected chi connectivity index (χ0v) is 11.5. The Labute approximate surface area is 125 Å². The summed E-state index contributed by atoms with van der Waals surface area (Å²) in [4.78, 5) is 19.7. The molecule has 0 aromatic rings. The minimum Gasteiger partial charge on any atom is -0.394 e. The highest BCUT2D eigenvalue weighted by atomic mass is 16.4. The Morgan fingerprint density at radius 3 is 1.23 bits per heavy atom. The molecule has 0 aliphatic heterocycles. The van der Waals surface area contributed by atoms with Crippen LogP contribution in [-0.4, -0.2) is 114 Å². The van der Waals surface area contributed by atoms with Crippen molar-refractivity contribution in [3.05, 3.63) is 0 Å². The first kappa shape index (κ1) is 23.2. The van der Waals surface area contributed by atoms with E-state index in [0.717, 1.165) is 0 Å². The standard InChI is InChI=1S/C6H12O6.C5H10O5/c7-1-3(9)5(11)6(12)4(10)2-8;6-1-3(8)5(10)4(9)2-7/h1,3-6,8-12H,2H2;1,3-5,7-10H,2H2/t3-,4-,5+,6+;3-,4+,5-/m10/s1. The molecule has 11 nitrogen and oxygen atoms in total. The summed E-state index contributed by atoms with van der Waals surface area (Å²) in [5.74, 6) is 0. The molecule has 0 amide bonds. The summed E-state index contributed by atoms with van der Waals surface area (Å²) < 4.78 is 0. The molecule has 132 valence electrons. The Bertz CT molecular complexity index is 300. The summed E-state index contributed by atoms with van der Waals surface area (Å²) in [7, 11) is 0. The second kappa shape index (κ2) is 12.5. The molecule has 11 heteroatoms. The molecular weight excluding hydrogens is 308 g/mol. The minimum absolute atomic E-state index is 0.0258. The van der Waals surface area contributed by atoms with Gasteiger partial charge in [0.05, 0.1) is 13.2 Å². The van der Waals surface area contributed by atoms with Crippen LogP contribution in [0.25, 0.3) is 0 Å². The van der Waals surface area contributed by atoms with Crippen molar-refractivity contribution in [1.82, 2.24) is 0 Å². The van der Waals surface area contributed by atoms with Gasteiger partial charge in [-0.1, -0.05) is 0 Å². The zero-order valence-electron chi connectivity index (χ0n) is 11.5. The minimum atomic E-state index is -1.79. The molecule has 0 spiro atoms. The Balaban J connectivity index is 0. The molecule has 0 aromatic carbocycles. The monoisotopic (exact) mass is 330 g/mol. The van der Waals surface area contributed by atoms with Crippen molar-refractivity contribution in [1.29, 1.82) is 0 Å². The van der Waals surface area contributed by atoms with Gasteiger partial charge in [0.2, 0.25) is 0 Å². The largest absolute Gasteiger partial charge is 0.394 e. The van der Waals surface area contributed by atoms with E-state index in [1.54, 1.807) is 0 Å². The van der Waals surface area contributed by atoms with Crippen LogP contribution in [0.1, 0.15) is 0 Å². The first-order valence-electron chi connectivity index (χ1n) is 6.06. The lowest BCUT2D eigenvalue weighted by atomic mass is 10.0. The smallest absolute Gasteiger partial charge is 0.151 e. The van der Waals surface area contributed by atoms with Crippen molar-refractivity contribution in [3.8, 4) is 0 Å². The third kappa shape index (κ3) is 8.43. The van der Waals surface area contributed by atoms with Crippen LogP contribution in [0.3, 0.4) is 0 Å². The van der Waals surface area contributed by atoms with Crippen LogP contribution in [0.5, 0.6) is 0 Å². The molecule has 0 bridgehead atoms. The maximum absolute atomic E-state index is 9.90. The van der Waals surface area contributed by atoms with Crippen LogP contribution in [-0.2, 0) is 9.59 Å². The molecule has 0 rings (SSSR count). The van der Waals surface area contributed by atoms with Crippen molar-refractivity contribution in [3.63, 3.8) is 0 Å². The molecule has 0 aromatic heterocycles. The SMILES string of the molecule is O=C[C@@H](O)[C@H](O)[C@@H](O)[C@H](O)CO.O=C[C@H](O)[C@H](O)[C@H](O)CO. The number of carbonyl (C=O) groups is 2. The van der Waals surface area contributed by atoms with Crippen molar-refractivity contribution >= 4 is 12.6 Å². The Kier molecular flexibility index (Phi) is 13.2. The van der Waals surface area contributed by atoms with Gasteiger partial charge in [0.15, 0.2) is 12.6 Å². The highest BCUT2D eigenvalue weighted by Crippen LogP contribution is 2.03.